The average Bonchev–Trinajstić information content (AvgIpc) is 3.28. The molecule has 7 bridgehead atoms. The van der Waals surface area contributed by atoms with Crippen LogP contribution in [-0.2, 0) is 23.7 Å². The highest BCUT2D eigenvalue weighted by molar-refractivity contribution is 5.36. The third-order valence-corrected chi connectivity index (χ3v) is 11.8. The van der Waals surface area contributed by atoms with E-state index in [2.05, 4.69) is 11.8 Å². The second-order valence-corrected chi connectivity index (χ2v) is 11.9. The summed E-state index contributed by atoms with van der Waals surface area (Å²) in [7, 11) is 9.40. The van der Waals surface area contributed by atoms with Crippen molar-refractivity contribution in [3.63, 3.8) is 0 Å². The molecule has 1 saturated heterocycles. The molecule has 0 unspecified atom stereocenters. The molecule has 0 aromatic carbocycles. The highest BCUT2D eigenvalue weighted by Crippen LogP contribution is 2.80. The van der Waals surface area contributed by atoms with Gasteiger partial charge in [0.2, 0.25) is 0 Å². The molecule has 13 atom stereocenters. The van der Waals surface area contributed by atoms with Gasteiger partial charge in [0.15, 0.2) is 0 Å². The van der Waals surface area contributed by atoms with Crippen LogP contribution in [0.15, 0.2) is 0 Å². The summed E-state index contributed by atoms with van der Waals surface area (Å²) in [6, 6.07) is 0.315. The van der Waals surface area contributed by atoms with Crippen molar-refractivity contribution in [1.82, 2.24) is 4.90 Å². The molecule has 6 fully saturated rings. The van der Waals surface area contributed by atoms with Gasteiger partial charge in [0.25, 0.3) is 0 Å². The van der Waals surface area contributed by atoms with Gasteiger partial charge in [0.1, 0.15) is 0 Å². The molecule has 1 heterocycles. The molecule has 188 valence electrons. The van der Waals surface area contributed by atoms with Crippen LogP contribution in [0.2, 0.25) is 0 Å². The Morgan fingerprint density at radius 1 is 0.970 bits per heavy atom. The molecule has 5 aliphatic carbocycles. The first-order chi connectivity index (χ1) is 16.0. The molecule has 33 heavy (non-hydrogen) atoms. The summed E-state index contributed by atoms with van der Waals surface area (Å²) in [6.45, 7) is 4.38. The van der Waals surface area contributed by atoms with Gasteiger partial charge < -0.3 is 28.8 Å². The fraction of sp³-hybridized carbons (Fsp3) is 1.00. The van der Waals surface area contributed by atoms with Gasteiger partial charge in [-0.3, -0.25) is 4.90 Å². The van der Waals surface area contributed by atoms with Crippen LogP contribution in [0.1, 0.15) is 32.6 Å². The molecule has 5 saturated carbocycles. The number of piperidine rings is 1. The number of aliphatic hydroxyl groups excluding tert-OH is 1. The minimum Gasteiger partial charge on any atom is -0.396 e. The van der Waals surface area contributed by atoms with Crippen molar-refractivity contribution in [3.8, 4) is 0 Å². The second-order valence-electron chi connectivity index (χ2n) is 11.9. The summed E-state index contributed by atoms with van der Waals surface area (Å²) in [5.41, 5.74) is -0.605. The largest absolute Gasteiger partial charge is 0.396 e. The van der Waals surface area contributed by atoms with Gasteiger partial charge in [-0.05, 0) is 31.7 Å². The van der Waals surface area contributed by atoms with Crippen LogP contribution in [0, 0.1) is 40.4 Å². The van der Waals surface area contributed by atoms with Gasteiger partial charge in [0.05, 0.1) is 36.6 Å². The Kier molecular flexibility index (Phi) is 5.34. The van der Waals surface area contributed by atoms with Crippen molar-refractivity contribution in [1.29, 1.82) is 0 Å². The van der Waals surface area contributed by atoms with E-state index in [9.17, 15) is 5.11 Å². The van der Waals surface area contributed by atoms with Crippen molar-refractivity contribution in [2.24, 2.45) is 40.4 Å². The fourth-order valence-corrected chi connectivity index (χ4v) is 11.3. The van der Waals surface area contributed by atoms with E-state index in [4.69, 9.17) is 23.7 Å². The first-order valence-corrected chi connectivity index (χ1v) is 13.0. The van der Waals surface area contributed by atoms with Crippen LogP contribution in [0.4, 0.5) is 0 Å². The minimum absolute atomic E-state index is 0.0220. The van der Waals surface area contributed by atoms with E-state index in [0.717, 1.165) is 38.8 Å². The van der Waals surface area contributed by atoms with E-state index < -0.39 is 0 Å². The zero-order valence-electron chi connectivity index (χ0n) is 21.2. The zero-order valence-corrected chi connectivity index (χ0v) is 21.2. The van der Waals surface area contributed by atoms with E-state index in [1.54, 1.807) is 0 Å². The minimum atomic E-state index is -0.371. The Hall–Kier alpha value is -0.280. The Morgan fingerprint density at radius 2 is 1.73 bits per heavy atom. The lowest BCUT2D eigenvalue weighted by atomic mass is 9.43. The number of fused-ring (bicyclic) bond motifs is 2. The number of methoxy groups -OCH3 is 5. The van der Waals surface area contributed by atoms with Gasteiger partial charge in [-0.25, -0.2) is 0 Å². The van der Waals surface area contributed by atoms with Crippen LogP contribution in [-0.4, -0.2) is 101 Å². The molecule has 0 aromatic rings. The molecule has 7 heteroatoms. The van der Waals surface area contributed by atoms with Crippen molar-refractivity contribution < 1.29 is 28.8 Å². The number of ether oxygens (including phenoxy) is 5. The quantitative estimate of drug-likeness (QED) is 0.615. The number of hydrogen-bond acceptors (Lipinski definition) is 7. The van der Waals surface area contributed by atoms with E-state index >= 15 is 0 Å². The van der Waals surface area contributed by atoms with Gasteiger partial charge in [0, 0.05) is 89.1 Å². The Bertz CT molecular complexity index is 782. The van der Waals surface area contributed by atoms with E-state index in [1.165, 1.54) is 0 Å². The topological polar surface area (TPSA) is 69.6 Å². The van der Waals surface area contributed by atoms with Crippen LogP contribution in [0.5, 0.6) is 0 Å². The standard InChI is InChI=1S/C26H43NO6/c1-7-27-12-24(13-28)9-8-17(30-3)26-15-10-14-16(29-2)11-25(33-6,18(15)20(14)31-4)19(23(26)27)21(32-5)22(24)26/h14-23,28H,7-13H2,1-6H3/t14-,15-,16+,17+,18-,19+,20+,21+,22-,23-,24+,25-,26+/m1/s1. The summed E-state index contributed by atoms with van der Waals surface area (Å²) in [5, 5.41) is 11.0. The molecule has 0 radical (unpaired) electrons. The predicted octanol–water partition coefficient (Wildman–Crippen LogP) is 1.81. The van der Waals surface area contributed by atoms with Crippen molar-refractivity contribution in [3.05, 3.63) is 0 Å². The molecule has 7 nitrogen and oxygen atoms in total. The lowest BCUT2D eigenvalue weighted by Gasteiger charge is -2.69. The first-order valence-electron chi connectivity index (χ1n) is 13.0. The van der Waals surface area contributed by atoms with Crippen LogP contribution in [0.25, 0.3) is 0 Å². The summed E-state index contributed by atoms with van der Waals surface area (Å²) >= 11 is 0. The highest BCUT2D eigenvalue weighted by Gasteiger charge is 2.86. The van der Waals surface area contributed by atoms with Crippen molar-refractivity contribution in [2.45, 2.75) is 68.7 Å². The lowest BCUT2D eigenvalue weighted by Crippen LogP contribution is -2.76. The molecule has 1 aliphatic heterocycles. The Morgan fingerprint density at radius 3 is 2.30 bits per heavy atom. The number of likely N-dealkylation sites (tertiary alicyclic amines) is 1. The number of nitrogens with zero attached hydrogens (tertiary/aromatic N) is 1. The maximum Gasteiger partial charge on any atom is 0.0827 e. The van der Waals surface area contributed by atoms with Crippen molar-refractivity contribution >= 4 is 0 Å². The molecular formula is C26H43NO6. The van der Waals surface area contributed by atoms with E-state index in [0.29, 0.717) is 17.9 Å². The predicted molar refractivity (Wildman–Crippen MR) is 122 cm³/mol. The van der Waals surface area contributed by atoms with Gasteiger partial charge in [-0.1, -0.05) is 6.92 Å². The normalized spacial score (nSPS) is 58.6. The Labute approximate surface area is 198 Å². The third-order valence-electron chi connectivity index (χ3n) is 11.8. The molecule has 0 amide bonds. The maximum absolute atomic E-state index is 11.0. The molecule has 1 N–H and O–H groups in total. The van der Waals surface area contributed by atoms with Crippen molar-refractivity contribution in [2.75, 3.05) is 55.2 Å². The van der Waals surface area contributed by atoms with Crippen LogP contribution < -0.4 is 0 Å². The third kappa shape index (κ3) is 2.33. The molecule has 6 aliphatic rings. The number of hydrogen-bond donors (Lipinski definition) is 1. The number of aliphatic hydroxyl groups is 1. The summed E-state index contributed by atoms with van der Waals surface area (Å²) in [5.74, 6) is 1.50. The summed E-state index contributed by atoms with van der Waals surface area (Å²) in [6.07, 6.45) is 4.35. The van der Waals surface area contributed by atoms with Gasteiger partial charge in [-0.2, -0.15) is 0 Å². The highest BCUT2D eigenvalue weighted by atomic mass is 16.5. The molecule has 6 rings (SSSR count). The summed E-state index contributed by atoms with van der Waals surface area (Å²) < 4.78 is 32.1. The number of rotatable bonds is 7. The van der Waals surface area contributed by atoms with Crippen LogP contribution >= 0.6 is 0 Å². The van der Waals surface area contributed by atoms with Gasteiger partial charge in [-0.15, -0.1) is 0 Å². The molecule has 1 spiro atoms. The summed E-state index contributed by atoms with van der Waals surface area (Å²) in [4.78, 5) is 2.67. The molecular weight excluding hydrogens is 422 g/mol. The SMILES string of the molecule is CCN1C[C@]2(CO)CC[C@H](OC)[C@@]34[C@@H]5C[C@H]6[C@H](OC)[C@@H]5[C@](OC)(C[C@@H]6OC)[C@@H]([C@H](OC)[C@H]23)[C@@H]14. The lowest BCUT2D eigenvalue weighted by molar-refractivity contribution is -0.282. The smallest absolute Gasteiger partial charge is 0.0827 e. The monoisotopic (exact) mass is 465 g/mol. The fourth-order valence-electron chi connectivity index (χ4n) is 11.3. The van der Waals surface area contributed by atoms with E-state index in [1.807, 2.05) is 35.5 Å². The average molecular weight is 466 g/mol. The first kappa shape index (κ1) is 23.1. The van der Waals surface area contributed by atoms with E-state index in [-0.39, 0.29) is 65.2 Å². The molecule has 0 aromatic heterocycles. The zero-order chi connectivity index (χ0) is 23.3. The van der Waals surface area contributed by atoms with Gasteiger partial charge >= 0.3 is 0 Å². The van der Waals surface area contributed by atoms with Crippen LogP contribution in [0.3, 0.4) is 0 Å². The second kappa shape index (κ2) is 7.61. The maximum atomic E-state index is 11.0. The Balaban J connectivity index is 1.66.